The van der Waals surface area contributed by atoms with E-state index in [0.29, 0.717) is 18.1 Å². The Morgan fingerprint density at radius 3 is 2.87 bits per heavy atom. The van der Waals surface area contributed by atoms with Gasteiger partial charge in [0.1, 0.15) is 5.75 Å². The minimum Gasteiger partial charge on any atom is -0.506 e. The standard InChI is InChI=1S/C10H10Cl2N2O/c11-7-1-6(10(15)9(12)3-7)2-8-4-13-5-14-8/h1,3,13,15H,2,4-5H2. The topological polar surface area (TPSA) is 44.6 Å². The van der Waals surface area contributed by atoms with E-state index in [4.69, 9.17) is 23.2 Å². The molecule has 0 bridgehead atoms. The number of nitrogens with one attached hydrogen (secondary N) is 1. The van der Waals surface area contributed by atoms with Gasteiger partial charge in [0, 0.05) is 29.3 Å². The van der Waals surface area contributed by atoms with Crippen LogP contribution in [0, 0.1) is 0 Å². The predicted molar refractivity (Wildman–Crippen MR) is 62.1 cm³/mol. The number of aromatic hydroxyl groups is 1. The van der Waals surface area contributed by atoms with E-state index >= 15 is 0 Å². The Hall–Kier alpha value is -0.770. The van der Waals surface area contributed by atoms with Crippen LogP contribution in [0.15, 0.2) is 17.1 Å². The van der Waals surface area contributed by atoms with Gasteiger partial charge in [0.15, 0.2) is 0 Å². The molecule has 0 aromatic heterocycles. The second kappa shape index (κ2) is 4.39. The molecule has 1 aliphatic rings. The summed E-state index contributed by atoms with van der Waals surface area (Å²) in [4.78, 5) is 4.24. The first-order chi connectivity index (χ1) is 7.16. The van der Waals surface area contributed by atoms with E-state index in [9.17, 15) is 5.11 Å². The lowest BCUT2D eigenvalue weighted by Crippen LogP contribution is -2.14. The maximum atomic E-state index is 9.72. The summed E-state index contributed by atoms with van der Waals surface area (Å²) in [5.41, 5.74) is 1.72. The van der Waals surface area contributed by atoms with Crippen molar-refractivity contribution in [2.45, 2.75) is 6.42 Å². The molecule has 15 heavy (non-hydrogen) atoms. The number of hydrogen-bond acceptors (Lipinski definition) is 3. The lowest BCUT2D eigenvalue weighted by Gasteiger charge is -2.06. The van der Waals surface area contributed by atoms with E-state index in [-0.39, 0.29) is 10.8 Å². The summed E-state index contributed by atoms with van der Waals surface area (Å²) in [6, 6.07) is 3.24. The Balaban J connectivity index is 2.27. The van der Waals surface area contributed by atoms with Crippen LogP contribution in [-0.4, -0.2) is 24.0 Å². The average molecular weight is 245 g/mol. The predicted octanol–water partition coefficient (Wildman–Crippen LogP) is 2.24. The van der Waals surface area contributed by atoms with E-state index in [1.807, 2.05) is 0 Å². The second-order valence-electron chi connectivity index (χ2n) is 3.38. The van der Waals surface area contributed by atoms with Crippen LogP contribution in [-0.2, 0) is 6.42 Å². The average Bonchev–Trinajstić information content (AvgIpc) is 2.66. The third kappa shape index (κ3) is 2.43. The molecule has 0 fully saturated rings. The summed E-state index contributed by atoms with van der Waals surface area (Å²) in [5.74, 6) is 0.0932. The van der Waals surface area contributed by atoms with Gasteiger partial charge in [-0.3, -0.25) is 10.3 Å². The van der Waals surface area contributed by atoms with Crippen molar-refractivity contribution in [2.24, 2.45) is 4.99 Å². The van der Waals surface area contributed by atoms with Crippen LogP contribution in [0.4, 0.5) is 0 Å². The highest BCUT2D eigenvalue weighted by Gasteiger charge is 2.12. The van der Waals surface area contributed by atoms with Crippen LogP contribution < -0.4 is 5.32 Å². The molecule has 1 aromatic rings. The third-order valence-electron chi connectivity index (χ3n) is 2.25. The number of nitrogens with zero attached hydrogens (tertiary/aromatic N) is 1. The van der Waals surface area contributed by atoms with Crippen LogP contribution in [0.1, 0.15) is 5.56 Å². The number of rotatable bonds is 2. The molecule has 1 heterocycles. The van der Waals surface area contributed by atoms with Gasteiger partial charge < -0.3 is 5.11 Å². The molecule has 0 aliphatic carbocycles. The van der Waals surface area contributed by atoms with Gasteiger partial charge in [0.05, 0.1) is 11.7 Å². The fraction of sp³-hybridized carbons (Fsp3) is 0.300. The fourth-order valence-corrected chi connectivity index (χ4v) is 2.05. The van der Waals surface area contributed by atoms with Gasteiger partial charge in [-0.1, -0.05) is 23.2 Å². The molecule has 80 valence electrons. The highest BCUT2D eigenvalue weighted by atomic mass is 35.5. The molecular weight excluding hydrogens is 235 g/mol. The molecule has 1 aliphatic heterocycles. The van der Waals surface area contributed by atoms with Gasteiger partial charge in [0.2, 0.25) is 0 Å². The quantitative estimate of drug-likeness (QED) is 0.839. The first-order valence-corrected chi connectivity index (χ1v) is 5.32. The maximum Gasteiger partial charge on any atom is 0.137 e. The Morgan fingerprint density at radius 1 is 1.40 bits per heavy atom. The van der Waals surface area contributed by atoms with E-state index in [0.717, 1.165) is 17.8 Å². The van der Waals surface area contributed by atoms with Crippen LogP contribution in [0.2, 0.25) is 10.0 Å². The Bertz CT molecular complexity index is 418. The highest BCUT2D eigenvalue weighted by Crippen LogP contribution is 2.31. The number of benzene rings is 1. The highest BCUT2D eigenvalue weighted by molar-refractivity contribution is 6.35. The molecule has 3 nitrogen and oxygen atoms in total. The van der Waals surface area contributed by atoms with Crippen molar-refractivity contribution >= 4 is 28.9 Å². The van der Waals surface area contributed by atoms with Crippen molar-refractivity contribution < 1.29 is 5.11 Å². The van der Waals surface area contributed by atoms with Crippen LogP contribution in [0.3, 0.4) is 0 Å². The fourth-order valence-electron chi connectivity index (χ4n) is 1.52. The molecule has 0 unspecified atom stereocenters. The summed E-state index contributed by atoms with van der Waals surface area (Å²) in [6.07, 6.45) is 0.582. The Morgan fingerprint density at radius 2 is 2.20 bits per heavy atom. The van der Waals surface area contributed by atoms with E-state index in [1.54, 1.807) is 6.07 Å². The minimum atomic E-state index is 0.0932. The first-order valence-electron chi connectivity index (χ1n) is 4.56. The van der Waals surface area contributed by atoms with Crippen molar-refractivity contribution in [3.63, 3.8) is 0 Å². The zero-order valence-corrected chi connectivity index (χ0v) is 9.44. The smallest absolute Gasteiger partial charge is 0.137 e. The molecule has 0 saturated heterocycles. The number of hydrogen-bond donors (Lipinski definition) is 2. The van der Waals surface area contributed by atoms with Crippen molar-refractivity contribution in [1.29, 1.82) is 0 Å². The molecule has 0 amide bonds. The number of aliphatic imine (C=N–C) groups is 1. The summed E-state index contributed by atoms with van der Waals surface area (Å²) in [6.45, 7) is 1.40. The molecule has 0 spiro atoms. The summed E-state index contributed by atoms with van der Waals surface area (Å²) >= 11 is 11.7. The van der Waals surface area contributed by atoms with Gasteiger partial charge in [-0.15, -0.1) is 0 Å². The maximum absolute atomic E-state index is 9.72. The van der Waals surface area contributed by atoms with Crippen molar-refractivity contribution in [2.75, 3.05) is 13.2 Å². The van der Waals surface area contributed by atoms with E-state index in [1.165, 1.54) is 6.07 Å². The Kier molecular flexibility index (Phi) is 3.14. The number of halogens is 2. The minimum absolute atomic E-state index is 0.0932. The summed E-state index contributed by atoms with van der Waals surface area (Å²) in [5, 5.41) is 13.6. The largest absolute Gasteiger partial charge is 0.506 e. The summed E-state index contributed by atoms with van der Waals surface area (Å²) < 4.78 is 0. The SMILES string of the molecule is Oc1c(Cl)cc(Cl)cc1CC1=NCNC1. The van der Waals surface area contributed by atoms with Gasteiger partial charge in [-0.05, 0) is 12.1 Å². The van der Waals surface area contributed by atoms with E-state index < -0.39 is 0 Å². The van der Waals surface area contributed by atoms with Crippen molar-refractivity contribution in [3.05, 3.63) is 27.7 Å². The summed E-state index contributed by atoms with van der Waals surface area (Å²) in [7, 11) is 0. The van der Waals surface area contributed by atoms with Gasteiger partial charge >= 0.3 is 0 Å². The molecule has 1 aromatic carbocycles. The number of phenols is 1. The van der Waals surface area contributed by atoms with E-state index in [2.05, 4.69) is 10.3 Å². The van der Waals surface area contributed by atoms with Gasteiger partial charge in [-0.2, -0.15) is 0 Å². The van der Waals surface area contributed by atoms with Crippen LogP contribution in [0.5, 0.6) is 5.75 Å². The monoisotopic (exact) mass is 244 g/mol. The molecule has 2 rings (SSSR count). The third-order valence-corrected chi connectivity index (χ3v) is 2.75. The van der Waals surface area contributed by atoms with Gasteiger partial charge in [-0.25, -0.2) is 0 Å². The Labute approximate surface area is 97.7 Å². The van der Waals surface area contributed by atoms with Crippen LogP contribution >= 0.6 is 23.2 Å². The second-order valence-corrected chi connectivity index (χ2v) is 4.22. The van der Waals surface area contributed by atoms with Crippen molar-refractivity contribution in [1.82, 2.24) is 5.32 Å². The lowest BCUT2D eigenvalue weighted by atomic mass is 10.1. The molecule has 2 N–H and O–H groups in total. The molecular formula is C10H10Cl2N2O. The normalized spacial score (nSPS) is 15.5. The molecule has 5 heteroatoms. The first kappa shape index (κ1) is 10.7. The van der Waals surface area contributed by atoms with Crippen molar-refractivity contribution in [3.8, 4) is 5.75 Å². The molecule has 0 atom stereocenters. The zero-order valence-electron chi connectivity index (χ0n) is 7.93. The number of phenolic OH excluding ortho intramolecular Hbond substituents is 1. The van der Waals surface area contributed by atoms with Crippen LogP contribution in [0.25, 0.3) is 0 Å². The zero-order chi connectivity index (χ0) is 10.8. The molecule has 0 radical (unpaired) electrons. The lowest BCUT2D eigenvalue weighted by molar-refractivity contribution is 0.470. The molecule has 0 saturated carbocycles. The van der Waals surface area contributed by atoms with Gasteiger partial charge in [0.25, 0.3) is 0 Å².